The molecular weight excluding hydrogens is 294 g/mol. The van der Waals surface area contributed by atoms with Crippen molar-refractivity contribution in [3.63, 3.8) is 0 Å². The maximum Gasteiger partial charge on any atom is 0.305 e. The molecule has 0 radical (unpaired) electrons. The lowest BCUT2D eigenvalue weighted by molar-refractivity contribution is -0.136. The highest BCUT2D eigenvalue weighted by Gasteiger charge is 2.30. The van der Waals surface area contributed by atoms with Gasteiger partial charge < -0.3 is 10.0 Å². The van der Waals surface area contributed by atoms with Crippen molar-refractivity contribution >= 4 is 27.4 Å². The number of hydrogen-bond donors (Lipinski definition) is 1. The van der Waals surface area contributed by atoms with Crippen molar-refractivity contribution in [3.05, 3.63) is 29.8 Å². The molecule has 0 aliphatic carbocycles. The number of amides is 1. The fraction of sp³-hybridized carbons (Fsp3) is 0.429. The number of aryl methyl sites for hydroxylation is 1. The van der Waals surface area contributed by atoms with E-state index >= 15 is 0 Å². The number of hydrogen-bond acceptors (Lipinski definition) is 4. The van der Waals surface area contributed by atoms with Crippen LogP contribution in [0.15, 0.2) is 24.3 Å². The summed E-state index contributed by atoms with van der Waals surface area (Å²) in [5, 5.41) is 7.59. The molecule has 0 heterocycles. The van der Waals surface area contributed by atoms with Crippen LogP contribution >= 0.6 is 0 Å². The van der Waals surface area contributed by atoms with Crippen LogP contribution in [0.2, 0.25) is 0 Å². The van der Waals surface area contributed by atoms with E-state index in [0.717, 1.165) is 11.8 Å². The Morgan fingerprint density at radius 1 is 1.29 bits per heavy atom. The number of carboxylic acids is 1. The number of benzene rings is 1. The maximum absolute atomic E-state index is 12.4. The Morgan fingerprint density at radius 3 is 2.33 bits per heavy atom. The van der Waals surface area contributed by atoms with E-state index in [4.69, 9.17) is 5.11 Å². The molecule has 0 saturated heterocycles. The number of anilines is 1. The lowest BCUT2D eigenvalue weighted by Crippen LogP contribution is -2.42. The molecule has 1 rings (SSSR count). The van der Waals surface area contributed by atoms with Gasteiger partial charge in [0, 0.05) is 18.5 Å². The molecule has 7 heteroatoms. The number of nitrogens with zero attached hydrogens (tertiary/aromatic N) is 1. The number of rotatable bonds is 6. The molecule has 1 aromatic rings. The van der Waals surface area contributed by atoms with Gasteiger partial charge in [0.05, 0.1) is 6.42 Å². The first-order valence-electron chi connectivity index (χ1n) is 6.42. The maximum atomic E-state index is 12.4. The van der Waals surface area contributed by atoms with E-state index in [-0.39, 0.29) is 13.0 Å². The summed E-state index contributed by atoms with van der Waals surface area (Å²) in [4.78, 5) is 24.4. The zero-order valence-electron chi connectivity index (χ0n) is 12.2. The topological polar surface area (TPSA) is 91.8 Å². The van der Waals surface area contributed by atoms with Gasteiger partial charge in [0.2, 0.25) is 5.91 Å². The van der Waals surface area contributed by atoms with Crippen LogP contribution in [0.4, 0.5) is 5.69 Å². The molecule has 116 valence electrons. The quantitative estimate of drug-likeness (QED) is 0.853. The smallest absolute Gasteiger partial charge is 0.305 e. The minimum absolute atomic E-state index is 0.0706. The first-order chi connectivity index (χ1) is 9.64. The average Bonchev–Trinajstić information content (AvgIpc) is 2.38. The van der Waals surface area contributed by atoms with Crippen LogP contribution < -0.4 is 4.90 Å². The second-order valence-corrected chi connectivity index (χ2v) is 7.26. The Labute approximate surface area is 124 Å². The van der Waals surface area contributed by atoms with Crippen LogP contribution in [0.5, 0.6) is 0 Å². The predicted molar refractivity (Wildman–Crippen MR) is 80.1 cm³/mol. The predicted octanol–water partition coefficient (Wildman–Crippen LogP) is 1.24. The second-order valence-electron chi connectivity index (χ2n) is 4.89. The number of carbonyl (C=O) groups excluding carboxylic acids is 1. The lowest BCUT2D eigenvalue weighted by Gasteiger charge is -2.26. The van der Waals surface area contributed by atoms with Crippen molar-refractivity contribution in [2.24, 2.45) is 0 Å². The highest BCUT2D eigenvalue weighted by Crippen LogP contribution is 2.21. The second kappa shape index (κ2) is 6.71. The summed E-state index contributed by atoms with van der Waals surface area (Å²) >= 11 is 0. The largest absolute Gasteiger partial charge is 0.481 e. The number of carboxylic acid groups (broad SMARTS) is 1. The molecule has 6 nitrogen and oxygen atoms in total. The molecule has 1 aromatic carbocycles. The van der Waals surface area contributed by atoms with Crippen molar-refractivity contribution in [1.82, 2.24) is 0 Å². The summed E-state index contributed by atoms with van der Waals surface area (Å²) in [6, 6.07) is 6.96. The third kappa shape index (κ3) is 4.56. The molecule has 0 spiro atoms. The van der Waals surface area contributed by atoms with Crippen molar-refractivity contribution < 1.29 is 23.1 Å². The Hall–Kier alpha value is -1.89. The Balaban J connectivity index is 3.17. The highest BCUT2D eigenvalue weighted by atomic mass is 32.2. The summed E-state index contributed by atoms with van der Waals surface area (Å²) in [6.45, 7) is 3.02. The first kappa shape index (κ1) is 17.2. The van der Waals surface area contributed by atoms with Gasteiger partial charge in [-0.25, -0.2) is 8.42 Å². The van der Waals surface area contributed by atoms with Crippen LogP contribution in [0.1, 0.15) is 18.9 Å². The molecule has 0 bridgehead atoms. The number of aliphatic carboxylic acids is 1. The van der Waals surface area contributed by atoms with E-state index in [1.54, 1.807) is 31.2 Å². The fourth-order valence-electron chi connectivity index (χ4n) is 1.83. The van der Waals surface area contributed by atoms with Gasteiger partial charge in [0.15, 0.2) is 9.84 Å². The summed E-state index contributed by atoms with van der Waals surface area (Å²) in [7, 11) is -3.55. The van der Waals surface area contributed by atoms with Crippen molar-refractivity contribution in [2.45, 2.75) is 25.5 Å². The molecule has 1 atom stereocenters. The molecule has 21 heavy (non-hydrogen) atoms. The van der Waals surface area contributed by atoms with Crippen LogP contribution in [-0.2, 0) is 19.4 Å². The Bertz CT molecular complexity index is 639. The molecule has 1 unspecified atom stereocenters. The minimum atomic E-state index is -3.55. The standard InChI is InChI=1S/C14H19NO5S/c1-10-6-4-5-7-12(10)15(9-8-13(16)17)14(18)11(2)21(3,19)20/h4-7,11H,8-9H2,1-3H3,(H,16,17). The summed E-state index contributed by atoms with van der Waals surface area (Å²) in [5.41, 5.74) is 1.30. The average molecular weight is 313 g/mol. The van der Waals surface area contributed by atoms with Crippen LogP contribution in [-0.4, -0.2) is 43.5 Å². The highest BCUT2D eigenvalue weighted by molar-refractivity contribution is 7.92. The molecule has 0 aromatic heterocycles. The number of carbonyl (C=O) groups is 2. The molecule has 1 N–H and O–H groups in total. The van der Waals surface area contributed by atoms with Gasteiger partial charge >= 0.3 is 5.97 Å². The Kier molecular flexibility index (Phi) is 5.48. The number of sulfone groups is 1. The summed E-state index contributed by atoms with van der Waals surface area (Å²) in [5.74, 6) is -1.67. The number of para-hydroxylation sites is 1. The van der Waals surface area contributed by atoms with E-state index in [1.165, 1.54) is 11.8 Å². The monoisotopic (exact) mass is 313 g/mol. The molecule has 0 saturated carbocycles. The zero-order chi connectivity index (χ0) is 16.2. The van der Waals surface area contributed by atoms with Gasteiger partial charge in [-0.1, -0.05) is 18.2 Å². The molecule has 0 fully saturated rings. The van der Waals surface area contributed by atoms with Gasteiger partial charge in [0.1, 0.15) is 5.25 Å². The van der Waals surface area contributed by atoms with Crippen molar-refractivity contribution in [1.29, 1.82) is 0 Å². The van der Waals surface area contributed by atoms with Gasteiger partial charge in [-0.2, -0.15) is 0 Å². The molecular formula is C14H19NO5S. The molecule has 1 amide bonds. The van der Waals surface area contributed by atoms with Crippen molar-refractivity contribution in [3.8, 4) is 0 Å². The van der Waals surface area contributed by atoms with Gasteiger partial charge in [-0.15, -0.1) is 0 Å². The van der Waals surface area contributed by atoms with E-state index in [2.05, 4.69) is 0 Å². The third-order valence-electron chi connectivity index (χ3n) is 3.21. The summed E-state index contributed by atoms with van der Waals surface area (Å²) in [6.07, 6.45) is 0.735. The lowest BCUT2D eigenvalue weighted by atomic mass is 10.1. The fourth-order valence-corrected chi connectivity index (χ4v) is 2.32. The van der Waals surface area contributed by atoms with Crippen LogP contribution in [0, 0.1) is 6.92 Å². The first-order valence-corrected chi connectivity index (χ1v) is 8.37. The van der Waals surface area contributed by atoms with Crippen LogP contribution in [0.3, 0.4) is 0 Å². The van der Waals surface area contributed by atoms with E-state index in [1.807, 2.05) is 0 Å². The molecule has 0 aliphatic heterocycles. The van der Waals surface area contributed by atoms with Gasteiger partial charge in [-0.3, -0.25) is 9.59 Å². The van der Waals surface area contributed by atoms with E-state index < -0.39 is 27.0 Å². The van der Waals surface area contributed by atoms with E-state index in [9.17, 15) is 18.0 Å². The van der Waals surface area contributed by atoms with Crippen molar-refractivity contribution in [2.75, 3.05) is 17.7 Å². The van der Waals surface area contributed by atoms with Gasteiger partial charge in [-0.05, 0) is 25.5 Å². The normalized spacial score (nSPS) is 12.7. The van der Waals surface area contributed by atoms with Crippen LogP contribution in [0.25, 0.3) is 0 Å². The minimum Gasteiger partial charge on any atom is -0.481 e. The SMILES string of the molecule is Cc1ccccc1N(CCC(=O)O)C(=O)C(C)S(C)(=O)=O. The zero-order valence-corrected chi connectivity index (χ0v) is 13.1. The van der Waals surface area contributed by atoms with Gasteiger partial charge in [0.25, 0.3) is 0 Å². The van der Waals surface area contributed by atoms with E-state index in [0.29, 0.717) is 5.69 Å². The summed E-state index contributed by atoms with van der Waals surface area (Å²) < 4.78 is 23.1. The third-order valence-corrected chi connectivity index (χ3v) is 4.70. The Morgan fingerprint density at radius 2 is 1.86 bits per heavy atom. The molecule has 0 aliphatic rings.